The van der Waals surface area contributed by atoms with Crippen LogP contribution in [0.5, 0.6) is 0 Å². The summed E-state index contributed by atoms with van der Waals surface area (Å²) >= 11 is 1.53. The molecule has 1 saturated heterocycles. The fourth-order valence-corrected chi connectivity index (χ4v) is 3.82. The zero-order valence-electron chi connectivity index (χ0n) is 13.0. The lowest BCUT2D eigenvalue weighted by Crippen LogP contribution is -2.46. The van der Waals surface area contributed by atoms with Crippen LogP contribution in [0, 0.1) is 12.8 Å². The molecular weight excluding hydrogens is 314 g/mol. The third-order valence-electron chi connectivity index (χ3n) is 4.44. The number of aromatic nitrogens is 3. The molecule has 0 radical (unpaired) electrons. The number of imidazole rings is 1. The molecule has 7 nitrogen and oxygen atoms in total. The number of hydrogen-bond acceptors (Lipinski definition) is 5. The Morgan fingerprint density at radius 1 is 1.43 bits per heavy atom. The molecule has 122 valence electrons. The van der Waals surface area contributed by atoms with E-state index in [0.717, 1.165) is 28.5 Å². The second-order valence-electron chi connectivity index (χ2n) is 6.31. The highest BCUT2D eigenvalue weighted by Crippen LogP contribution is 2.31. The van der Waals surface area contributed by atoms with Gasteiger partial charge in [0.15, 0.2) is 0 Å². The first kappa shape index (κ1) is 14.6. The van der Waals surface area contributed by atoms with Gasteiger partial charge in [-0.25, -0.2) is 9.50 Å². The van der Waals surface area contributed by atoms with Crippen molar-refractivity contribution in [1.82, 2.24) is 24.8 Å². The van der Waals surface area contributed by atoms with Gasteiger partial charge in [-0.3, -0.25) is 9.59 Å². The van der Waals surface area contributed by atoms with Crippen molar-refractivity contribution in [2.45, 2.75) is 45.2 Å². The van der Waals surface area contributed by atoms with Gasteiger partial charge in [0.1, 0.15) is 5.01 Å². The third-order valence-corrected chi connectivity index (χ3v) is 5.28. The highest BCUT2D eigenvalue weighted by Gasteiger charge is 2.38. The first-order valence-electron chi connectivity index (χ1n) is 7.99. The fourth-order valence-electron chi connectivity index (χ4n) is 3.08. The second kappa shape index (κ2) is 5.59. The largest absolute Gasteiger partial charge is 0.350 e. The van der Waals surface area contributed by atoms with Crippen molar-refractivity contribution in [3.63, 3.8) is 0 Å². The number of carbonyl (C=O) groups is 2. The molecule has 1 saturated carbocycles. The predicted octanol–water partition coefficient (Wildman–Crippen LogP) is 1.12. The van der Waals surface area contributed by atoms with Gasteiger partial charge in [-0.05, 0) is 26.2 Å². The van der Waals surface area contributed by atoms with E-state index in [2.05, 4.69) is 15.4 Å². The van der Waals surface area contributed by atoms with Crippen LogP contribution in [-0.2, 0) is 16.1 Å². The molecule has 2 aromatic rings. The Morgan fingerprint density at radius 3 is 3.00 bits per heavy atom. The molecule has 2 aromatic heterocycles. The predicted molar refractivity (Wildman–Crippen MR) is 84.9 cm³/mol. The summed E-state index contributed by atoms with van der Waals surface area (Å²) < 4.78 is 1.75. The lowest BCUT2D eigenvalue weighted by atomic mass is 9.96. The Kier molecular flexibility index (Phi) is 3.56. The van der Waals surface area contributed by atoms with Crippen molar-refractivity contribution in [1.29, 1.82) is 0 Å². The van der Waals surface area contributed by atoms with Crippen LogP contribution in [0.4, 0.5) is 0 Å². The van der Waals surface area contributed by atoms with Crippen molar-refractivity contribution in [3.8, 4) is 0 Å². The van der Waals surface area contributed by atoms with E-state index in [1.807, 2.05) is 18.0 Å². The van der Waals surface area contributed by atoms with Crippen LogP contribution in [0.1, 0.15) is 36.4 Å². The van der Waals surface area contributed by atoms with Gasteiger partial charge in [-0.15, -0.1) is 0 Å². The number of amides is 2. The molecule has 4 rings (SSSR count). The minimum Gasteiger partial charge on any atom is -0.350 e. The third kappa shape index (κ3) is 2.95. The molecule has 1 atom stereocenters. The summed E-state index contributed by atoms with van der Waals surface area (Å²) in [4.78, 5) is 31.5. The van der Waals surface area contributed by atoms with Crippen LogP contribution >= 0.6 is 11.3 Å². The Bertz CT molecular complexity index is 732. The topological polar surface area (TPSA) is 79.6 Å². The summed E-state index contributed by atoms with van der Waals surface area (Å²) in [7, 11) is 0. The summed E-state index contributed by atoms with van der Waals surface area (Å²) in [5, 5.41) is 8.23. The zero-order valence-corrected chi connectivity index (χ0v) is 13.8. The summed E-state index contributed by atoms with van der Waals surface area (Å²) in [5.74, 6) is 0.119. The monoisotopic (exact) mass is 333 g/mol. The Morgan fingerprint density at radius 2 is 2.26 bits per heavy atom. The van der Waals surface area contributed by atoms with Crippen molar-refractivity contribution < 1.29 is 9.59 Å². The van der Waals surface area contributed by atoms with Gasteiger partial charge in [0, 0.05) is 19.0 Å². The van der Waals surface area contributed by atoms with E-state index in [1.54, 1.807) is 4.52 Å². The number of likely N-dealkylation sites (tertiary alicyclic amines) is 1. The minimum absolute atomic E-state index is 0.0173. The number of aryl methyl sites for hydroxylation is 1. The van der Waals surface area contributed by atoms with Crippen LogP contribution < -0.4 is 5.32 Å². The first-order valence-corrected chi connectivity index (χ1v) is 8.80. The molecule has 8 heteroatoms. The van der Waals surface area contributed by atoms with Crippen molar-refractivity contribution >= 4 is 28.1 Å². The smallest absolute Gasteiger partial charge is 0.225 e. The van der Waals surface area contributed by atoms with Crippen LogP contribution in [0.3, 0.4) is 0 Å². The first-order chi connectivity index (χ1) is 11.1. The van der Waals surface area contributed by atoms with E-state index in [9.17, 15) is 9.59 Å². The van der Waals surface area contributed by atoms with E-state index in [-0.39, 0.29) is 17.7 Å². The maximum absolute atomic E-state index is 12.4. The molecule has 0 aromatic carbocycles. The van der Waals surface area contributed by atoms with Crippen LogP contribution in [0.15, 0.2) is 6.20 Å². The molecule has 2 amide bonds. The van der Waals surface area contributed by atoms with Crippen molar-refractivity contribution in [2.75, 3.05) is 6.54 Å². The van der Waals surface area contributed by atoms with Gasteiger partial charge in [0.25, 0.3) is 0 Å². The maximum Gasteiger partial charge on any atom is 0.225 e. The Labute approximate surface area is 137 Å². The molecule has 1 aliphatic heterocycles. The van der Waals surface area contributed by atoms with E-state index in [0.29, 0.717) is 32.0 Å². The number of nitrogens with one attached hydrogen (secondary N) is 1. The quantitative estimate of drug-likeness (QED) is 0.909. The number of carbonyl (C=O) groups excluding carboxylic acids is 2. The highest BCUT2D eigenvalue weighted by molar-refractivity contribution is 7.16. The highest BCUT2D eigenvalue weighted by atomic mass is 32.1. The Hall–Kier alpha value is -1.96. The molecule has 0 spiro atoms. The number of piperidine rings is 1. The van der Waals surface area contributed by atoms with E-state index in [4.69, 9.17) is 0 Å². The summed E-state index contributed by atoms with van der Waals surface area (Å²) in [5.41, 5.74) is 0.808. The number of rotatable bonds is 4. The average Bonchev–Trinajstić information content (AvgIpc) is 3.21. The van der Waals surface area contributed by atoms with Crippen molar-refractivity contribution in [3.05, 3.63) is 16.9 Å². The number of nitrogens with zero attached hydrogens (tertiary/aromatic N) is 4. The standard InChI is InChI=1S/C15H19N5O2S/c1-9-18-20-8-11(17-15(20)23-9)6-16-14(22)10-2-5-13(21)19(7-10)12-3-4-12/h8,10,12H,2-7H2,1H3,(H,16,22). The molecule has 1 N–H and O–H groups in total. The van der Waals surface area contributed by atoms with Gasteiger partial charge in [-0.1, -0.05) is 11.3 Å². The average molecular weight is 333 g/mol. The van der Waals surface area contributed by atoms with Crippen LogP contribution in [-0.4, -0.2) is 43.9 Å². The normalized spacial score (nSPS) is 21.9. The van der Waals surface area contributed by atoms with Gasteiger partial charge in [0.05, 0.1) is 24.4 Å². The molecule has 2 fully saturated rings. The lowest BCUT2D eigenvalue weighted by Gasteiger charge is -2.32. The van der Waals surface area contributed by atoms with Gasteiger partial charge in [0.2, 0.25) is 16.8 Å². The maximum atomic E-state index is 12.4. The lowest BCUT2D eigenvalue weighted by molar-refractivity contribution is -0.138. The summed E-state index contributed by atoms with van der Waals surface area (Å²) in [6.45, 7) is 2.91. The molecule has 0 bridgehead atoms. The SMILES string of the molecule is Cc1nn2cc(CNC(=O)C3CCC(=O)N(C4CC4)C3)nc2s1. The number of fused-ring (bicyclic) bond motifs is 1. The molecule has 1 aliphatic carbocycles. The second-order valence-corrected chi connectivity index (χ2v) is 7.47. The summed E-state index contributed by atoms with van der Waals surface area (Å²) in [6, 6.07) is 0.382. The van der Waals surface area contributed by atoms with Crippen LogP contribution in [0.2, 0.25) is 0 Å². The minimum atomic E-state index is -0.0996. The zero-order chi connectivity index (χ0) is 16.0. The van der Waals surface area contributed by atoms with Gasteiger partial charge >= 0.3 is 0 Å². The molecular formula is C15H19N5O2S. The van der Waals surface area contributed by atoms with E-state index < -0.39 is 0 Å². The van der Waals surface area contributed by atoms with Crippen molar-refractivity contribution in [2.24, 2.45) is 5.92 Å². The molecule has 23 heavy (non-hydrogen) atoms. The summed E-state index contributed by atoms with van der Waals surface area (Å²) in [6.07, 6.45) is 5.14. The van der Waals surface area contributed by atoms with Gasteiger partial charge in [-0.2, -0.15) is 5.10 Å². The fraction of sp³-hybridized carbons (Fsp3) is 0.600. The van der Waals surface area contributed by atoms with Crippen LogP contribution in [0.25, 0.3) is 4.96 Å². The van der Waals surface area contributed by atoms with E-state index >= 15 is 0 Å². The van der Waals surface area contributed by atoms with Gasteiger partial charge < -0.3 is 10.2 Å². The van der Waals surface area contributed by atoms with E-state index in [1.165, 1.54) is 11.3 Å². The Balaban J connectivity index is 1.35. The number of hydrogen-bond donors (Lipinski definition) is 1. The molecule has 3 heterocycles. The molecule has 2 aliphatic rings. The molecule has 1 unspecified atom stereocenters.